The summed E-state index contributed by atoms with van der Waals surface area (Å²) in [5.74, 6) is 5.13. The fourth-order valence-corrected chi connectivity index (χ4v) is 1.35. The molecule has 0 amide bonds. The third-order valence-electron chi connectivity index (χ3n) is 1.52. The number of hydrogen-bond donors (Lipinski definition) is 2. The first-order valence-electron chi connectivity index (χ1n) is 3.46. The number of primary sulfonamides is 1. The summed E-state index contributed by atoms with van der Waals surface area (Å²) >= 11 is 0. The number of rotatable bonds is 3. The van der Waals surface area contributed by atoms with Crippen molar-refractivity contribution in [1.29, 1.82) is 0 Å². The lowest BCUT2D eigenvalue weighted by atomic mass is 10.3. The molecule has 14 heavy (non-hydrogen) atoms. The zero-order chi connectivity index (χ0) is 10.8. The number of hydrogen-bond acceptors (Lipinski definition) is 5. The predicted molar refractivity (Wildman–Crippen MR) is 50.3 cm³/mol. The number of nitroso groups, excluding NO2 is 1. The zero-order valence-electron chi connectivity index (χ0n) is 6.99. The van der Waals surface area contributed by atoms with E-state index >= 15 is 0 Å². The van der Waals surface area contributed by atoms with Crippen LogP contribution in [-0.4, -0.2) is 8.42 Å². The Morgan fingerprint density at radius 3 is 2.07 bits per heavy atom. The van der Waals surface area contributed by atoms with Gasteiger partial charge in [0.1, 0.15) is 0 Å². The van der Waals surface area contributed by atoms with Gasteiger partial charge in [0.25, 0.3) is 0 Å². The highest BCUT2D eigenvalue weighted by Gasteiger charge is 2.08. The van der Waals surface area contributed by atoms with Gasteiger partial charge in [0.2, 0.25) is 10.0 Å². The Labute approximate surface area is 80.3 Å². The SMILES string of the molecule is NN(N=O)c1ccc(S(N)(=O)=O)cc1. The van der Waals surface area contributed by atoms with Crippen molar-refractivity contribution in [1.82, 2.24) is 0 Å². The van der Waals surface area contributed by atoms with Crippen LogP contribution in [0.25, 0.3) is 0 Å². The summed E-state index contributed by atoms with van der Waals surface area (Å²) in [6.07, 6.45) is 0. The van der Waals surface area contributed by atoms with E-state index in [0.29, 0.717) is 5.12 Å². The minimum absolute atomic E-state index is 0.0550. The molecule has 1 rings (SSSR count). The number of benzene rings is 1. The maximum absolute atomic E-state index is 10.8. The van der Waals surface area contributed by atoms with Crippen LogP contribution >= 0.6 is 0 Å². The van der Waals surface area contributed by atoms with Gasteiger partial charge in [-0.15, -0.1) is 4.91 Å². The Balaban J connectivity index is 3.07. The molecule has 1 aromatic carbocycles. The van der Waals surface area contributed by atoms with Gasteiger partial charge in [0.05, 0.1) is 15.9 Å². The molecule has 0 aliphatic heterocycles. The van der Waals surface area contributed by atoms with Crippen molar-refractivity contribution in [2.45, 2.75) is 4.90 Å². The van der Waals surface area contributed by atoms with E-state index in [9.17, 15) is 13.3 Å². The minimum atomic E-state index is -3.72. The van der Waals surface area contributed by atoms with Crippen LogP contribution in [0.1, 0.15) is 0 Å². The molecule has 0 atom stereocenters. The fraction of sp³-hybridized carbons (Fsp3) is 0. The van der Waals surface area contributed by atoms with E-state index in [4.69, 9.17) is 11.0 Å². The quantitative estimate of drug-likeness (QED) is 0.408. The number of sulfonamides is 1. The lowest BCUT2D eigenvalue weighted by Crippen LogP contribution is -2.23. The number of hydrazine groups is 1. The van der Waals surface area contributed by atoms with Crippen LogP contribution in [-0.2, 0) is 10.0 Å². The standard InChI is InChI=1S/C6H8N4O3S/c7-10(9-11)5-1-3-6(4-2-5)14(8,12)13/h1-4H,7H2,(H2,8,12,13). The van der Waals surface area contributed by atoms with Crippen molar-refractivity contribution < 1.29 is 8.42 Å². The van der Waals surface area contributed by atoms with Gasteiger partial charge < -0.3 is 0 Å². The summed E-state index contributed by atoms with van der Waals surface area (Å²) < 4.78 is 21.7. The second kappa shape index (κ2) is 3.70. The molecule has 0 saturated carbocycles. The molecule has 0 bridgehead atoms. The summed E-state index contributed by atoms with van der Waals surface area (Å²) in [6.45, 7) is 0. The van der Waals surface area contributed by atoms with Crippen LogP contribution in [0.4, 0.5) is 5.69 Å². The van der Waals surface area contributed by atoms with Crippen molar-refractivity contribution in [2.75, 3.05) is 5.12 Å². The Morgan fingerprint density at radius 2 is 1.71 bits per heavy atom. The van der Waals surface area contributed by atoms with Crippen LogP contribution in [0.2, 0.25) is 0 Å². The maximum atomic E-state index is 10.8. The Morgan fingerprint density at radius 1 is 1.21 bits per heavy atom. The van der Waals surface area contributed by atoms with Gasteiger partial charge in [0.15, 0.2) is 0 Å². The van der Waals surface area contributed by atoms with E-state index in [1.165, 1.54) is 24.3 Å². The van der Waals surface area contributed by atoms with Crippen molar-refractivity contribution in [3.8, 4) is 0 Å². The molecule has 4 N–H and O–H groups in total. The molecule has 0 unspecified atom stereocenters. The Hall–Kier alpha value is -1.51. The van der Waals surface area contributed by atoms with E-state index in [1.807, 2.05) is 0 Å². The van der Waals surface area contributed by atoms with Gasteiger partial charge >= 0.3 is 0 Å². The van der Waals surface area contributed by atoms with Gasteiger partial charge in [-0.2, -0.15) is 5.12 Å². The summed E-state index contributed by atoms with van der Waals surface area (Å²) in [5.41, 5.74) is 0.271. The Bertz CT molecular complexity index is 427. The Kier molecular flexibility index (Phi) is 2.79. The molecular weight excluding hydrogens is 208 g/mol. The summed E-state index contributed by atoms with van der Waals surface area (Å²) in [7, 11) is -3.72. The largest absolute Gasteiger partial charge is 0.238 e. The number of nitrogens with zero attached hydrogens (tertiary/aromatic N) is 2. The summed E-state index contributed by atoms with van der Waals surface area (Å²) in [4.78, 5) is 9.94. The van der Waals surface area contributed by atoms with Crippen LogP contribution < -0.4 is 16.1 Å². The topological polar surface area (TPSA) is 119 Å². The van der Waals surface area contributed by atoms with E-state index in [0.717, 1.165) is 0 Å². The average Bonchev–Trinajstić information content (AvgIpc) is 2.15. The molecule has 0 heterocycles. The van der Waals surface area contributed by atoms with Crippen LogP contribution in [0, 0.1) is 4.91 Å². The summed E-state index contributed by atoms with van der Waals surface area (Å²) in [5, 5.41) is 7.86. The second-order valence-electron chi connectivity index (χ2n) is 2.47. The van der Waals surface area contributed by atoms with Crippen molar-refractivity contribution in [3.63, 3.8) is 0 Å². The lowest BCUT2D eigenvalue weighted by Gasteiger charge is -2.07. The molecule has 0 radical (unpaired) electrons. The van der Waals surface area contributed by atoms with E-state index < -0.39 is 10.0 Å². The first kappa shape index (κ1) is 10.6. The molecule has 0 aromatic heterocycles. The molecule has 76 valence electrons. The molecule has 0 spiro atoms. The van der Waals surface area contributed by atoms with Crippen LogP contribution in [0.5, 0.6) is 0 Å². The fourth-order valence-electron chi connectivity index (χ4n) is 0.836. The van der Waals surface area contributed by atoms with Crippen LogP contribution in [0.15, 0.2) is 34.4 Å². The molecule has 0 aliphatic carbocycles. The van der Waals surface area contributed by atoms with Gasteiger partial charge in [-0.1, -0.05) is 0 Å². The van der Waals surface area contributed by atoms with Crippen molar-refractivity contribution in [3.05, 3.63) is 29.2 Å². The normalized spacial score (nSPS) is 11.0. The molecule has 1 aromatic rings. The highest BCUT2D eigenvalue weighted by molar-refractivity contribution is 7.89. The van der Waals surface area contributed by atoms with E-state index in [2.05, 4.69) is 5.29 Å². The third kappa shape index (κ3) is 2.25. The molecule has 0 saturated heterocycles. The third-order valence-corrected chi connectivity index (χ3v) is 2.45. The lowest BCUT2D eigenvalue weighted by molar-refractivity contribution is 0.598. The molecular formula is C6H8N4O3S. The second-order valence-corrected chi connectivity index (χ2v) is 4.03. The number of anilines is 1. The first-order valence-corrected chi connectivity index (χ1v) is 5.01. The average molecular weight is 216 g/mol. The molecule has 0 aliphatic rings. The molecule has 8 heteroatoms. The van der Waals surface area contributed by atoms with Gasteiger partial charge in [0, 0.05) is 0 Å². The van der Waals surface area contributed by atoms with E-state index in [-0.39, 0.29) is 10.6 Å². The molecule has 7 nitrogen and oxygen atoms in total. The highest BCUT2D eigenvalue weighted by Crippen LogP contribution is 2.14. The highest BCUT2D eigenvalue weighted by atomic mass is 32.2. The van der Waals surface area contributed by atoms with E-state index in [1.54, 1.807) is 0 Å². The maximum Gasteiger partial charge on any atom is 0.238 e. The van der Waals surface area contributed by atoms with Gasteiger partial charge in [-0.05, 0) is 24.3 Å². The minimum Gasteiger partial charge on any atom is -0.225 e. The monoisotopic (exact) mass is 216 g/mol. The molecule has 0 fully saturated rings. The van der Waals surface area contributed by atoms with Crippen LogP contribution in [0.3, 0.4) is 0 Å². The zero-order valence-corrected chi connectivity index (χ0v) is 7.81. The first-order chi connectivity index (χ1) is 6.45. The smallest absolute Gasteiger partial charge is 0.225 e. The van der Waals surface area contributed by atoms with Crippen molar-refractivity contribution in [2.24, 2.45) is 16.3 Å². The van der Waals surface area contributed by atoms with Gasteiger partial charge in [-0.25, -0.2) is 19.4 Å². The van der Waals surface area contributed by atoms with Gasteiger partial charge in [-0.3, -0.25) is 0 Å². The summed E-state index contributed by atoms with van der Waals surface area (Å²) in [6, 6.07) is 5.10. The number of nitrogens with two attached hydrogens (primary N) is 2. The van der Waals surface area contributed by atoms with Crippen molar-refractivity contribution >= 4 is 15.7 Å². The predicted octanol–water partition coefficient (Wildman–Crippen LogP) is -0.304.